The van der Waals surface area contributed by atoms with Gasteiger partial charge in [0.1, 0.15) is 0 Å². The summed E-state index contributed by atoms with van der Waals surface area (Å²) in [6.07, 6.45) is 1.64. The van der Waals surface area contributed by atoms with Crippen molar-refractivity contribution in [3.8, 4) is 0 Å². The fraction of sp³-hybridized carbons (Fsp3) is 0. The molecule has 0 bridgehead atoms. The predicted octanol–water partition coefficient (Wildman–Crippen LogP) is 3.33. The van der Waals surface area contributed by atoms with Crippen LogP contribution in [0.4, 0.5) is 5.69 Å². The molecule has 1 heterocycles. The van der Waals surface area contributed by atoms with Crippen LogP contribution in [0.15, 0.2) is 53.6 Å². The zero-order chi connectivity index (χ0) is 12.5. The summed E-state index contributed by atoms with van der Waals surface area (Å²) < 4.78 is 0. The molecule has 0 radical (unpaired) electrons. The highest BCUT2D eigenvalue weighted by Gasteiger charge is 2.31. The number of halogens is 1. The molecule has 0 aromatic heterocycles. The highest BCUT2D eigenvalue weighted by Crippen LogP contribution is 2.32. The van der Waals surface area contributed by atoms with Gasteiger partial charge in [0.05, 0.1) is 17.5 Å². The Labute approximate surface area is 109 Å². The van der Waals surface area contributed by atoms with Crippen molar-refractivity contribution in [2.75, 3.05) is 5.01 Å². The first-order valence-electron chi connectivity index (χ1n) is 5.49. The fourth-order valence-corrected chi connectivity index (χ4v) is 1.92. The molecule has 0 saturated heterocycles. The molecule has 3 nitrogen and oxygen atoms in total. The minimum Gasteiger partial charge on any atom is -0.267 e. The van der Waals surface area contributed by atoms with Gasteiger partial charge in [-0.25, -0.2) is 0 Å². The van der Waals surface area contributed by atoms with E-state index in [1.54, 1.807) is 24.4 Å². The third-order valence-electron chi connectivity index (χ3n) is 2.75. The van der Waals surface area contributed by atoms with Crippen molar-refractivity contribution < 1.29 is 4.79 Å². The fourth-order valence-electron chi connectivity index (χ4n) is 1.80. The quantitative estimate of drug-likeness (QED) is 0.759. The van der Waals surface area contributed by atoms with Crippen LogP contribution in [0.5, 0.6) is 0 Å². The topological polar surface area (TPSA) is 32.7 Å². The summed E-state index contributed by atoms with van der Waals surface area (Å²) in [7, 11) is 0. The van der Waals surface area contributed by atoms with E-state index in [-0.39, 0.29) is 5.91 Å². The lowest BCUT2D eigenvalue weighted by atomic mass is 10.1. The summed E-state index contributed by atoms with van der Waals surface area (Å²) >= 11 is 5.79. The molecule has 0 spiro atoms. The van der Waals surface area contributed by atoms with E-state index in [4.69, 9.17) is 11.6 Å². The number of nitrogens with zero attached hydrogens (tertiary/aromatic N) is 2. The Kier molecular flexibility index (Phi) is 2.61. The number of anilines is 1. The van der Waals surface area contributed by atoms with Crippen LogP contribution in [0.25, 0.3) is 0 Å². The summed E-state index contributed by atoms with van der Waals surface area (Å²) in [5.41, 5.74) is 2.45. The Morgan fingerprint density at radius 3 is 2.56 bits per heavy atom. The van der Waals surface area contributed by atoms with Crippen molar-refractivity contribution in [1.82, 2.24) is 0 Å². The summed E-state index contributed by atoms with van der Waals surface area (Å²) in [5, 5.41) is 6.24. The van der Waals surface area contributed by atoms with Gasteiger partial charge in [0, 0.05) is 5.02 Å². The second-order valence-electron chi connectivity index (χ2n) is 3.93. The average molecular weight is 257 g/mol. The van der Waals surface area contributed by atoms with Crippen LogP contribution in [0.1, 0.15) is 15.9 Å². The number of rotatable bonds is 2. The molecule has 0 N–H and O–H groups in total. The van der Waals surface area contributed by atoms with Crippen LogP contribution in [0.2, 0.25) is 5.02 Å². The van der Waals surface area contributed by atoms with Gasteiger partial charge in [-0.3, -0.25) is 4.79 Å². The van der Waals surface area contributed by atoms with Crippen molar-refractivity contribution in [3.63, 3.8) is 0 Å². The second kappa shape index (κ2) is 4.27. The number of hydrogen-bond donors (Lipinski definition) is 0. The van der Waals surface area contributed by atoms with Crippen LogP contribution in [-0.4, -0.2) is 12.1 Å². The van der Waals surface area contributed by atoms with E-state index >= 15 is 0 Å². The summed E-state index contributed by atoms with van der Waals surface area (Å²) in [6.45, 7) is 0. The van der Waals surface area contributed by atoms with Crippen molar-refractivity contribution in [2.45, 2.75) is 0 Å². The van der Waals surface area contributed by atoms with Crippen molar-refractivity contribution in [3.05, 3.63) is 64.7 Å². The third kappa shape index (κ3) is 1.79. The molecule has 18 heavy (non-hydrogen) atoms. The van der Waals surface area contributed by atoms with Gasteiger partial charge in [-0.15, -0.1) is 0 Å². The lowest BCUT2D eigenvalue weighted by Crippen LogP contribution is -2.36. The lowest BCUT2D eigenvalue weighted by Gasteiger charge is -2.28. The van der Waals surface area contributed by atoms with Gasteiger partial charge >= 0.3 is 0 Å². The number of hydrazone groups is 1. The molecule has 0 atom stereocenters. The Hall–Kier alpha value is -2.13. The highest BCUT2D eigenvalue weighted by atomic mass is 35.5. The molecule has 0 unspecified atom stereocenters. The standard InChI is InChI=1S/C14H9ClN2O/c15-11-7-5-10(6-8-11)9-16-17-13-4-2-1-3-12(13)14(17)18/h1-9H/b16-9-. The molecule has 0 saturated carbocycles. The molecular formula is C14H9ClN2O. The molecule has 3 rings (SSSR count). The molecule has 1 amide bonds. The Morgan fingerprint density at radius 2 is 1.78 bits per heavy atom. The first-order chi connectivity index (χ1) is 8.75. The van der Waals surface area contributed by atoms with Gasteiger partial charge in [-0.1, -0.05) is 35.9 Å². The number of benzene rings is 2. The van der Waals surface area contributed by atoms with E-state index in [9.17, 15) is 4.79 Å². The number of para-hydroxylation sites is 1. The van der Waals surface area contributed by atoms with Gasteiger partial charge in [-0.2, -0.15) is 10.1 Å². The molecule has 0 aliphatic carbocycles. The van der Waals surface area contributed by atoms with Crippen LogP contribution in [0, 0.1) is 0 Å². The molecule has 2 aromatic carbocycles. The molecule has 88 valence electrons. The lowest BCUT2D eigenvalue weighted by molar-refractivity contribution is 0.0967. The number of carbonyl (C=O) groups excluding carboxylic acids is 1. The maximum atomic E-state index is 11.7. The van der Waals surface area contributed by atoms with Crippen LogP contribution in [0.3, 0.4) is 0 Å². The number of carbonyl (C=O) groups is 1. The zero-order valence-electron chi connectivity index (χ0n) is 9.38. The van der Waals surface area contributed by atoms with Crippen molar-refractivity contribution in [1.29, 1.82) is 0 Å². The maximum Gasteiger partial charge on any atom is 0.280 e. The first kappa shape index (κ1) is 11.0. The normalized spacial score (nSPS) is 13.6. The van der Waals surface area contributed by atoms with Gasteiger partial charge in [-0.05, 0) is 29.8 Å². The van der Waals surface area contributed by atoms with Crippen LogP contribution >= 0.6 is 11.6 Å². The van der Waals surface area contributed by atoms with E-state index in [0.717, 1.165) is 11.3 Å². The van der Waals surface area contributed by atoms with Gasteiger partial charge < -0.3 is 0 Å². The van der Waals surface area contributed by atoms with Crippen LogP contribution < -0.4 is 5.01 Å². The Morgan fingerprint density at radius 1 is 1.06 bits per heavy atom. The van der Waals surface area contributed by atoms with Gasteiger partial charge in [0.2, 0.25) is 0 Å². The Balaban J connectivity index is 1.83. The van der Waals surface area contributed by atoms with E-state index in [2.05, 4.69) is 5.10 Å². The minimum absolute atomic E-state index is 0.0733. The SMILES string of the molecule is O=C1c2ccccc2N1/N=C\c1ccc(Cl)cc1. The van der Waals surface area contributed by atoms with E-state index in [1.807, 2.05) is 30.3 Å². The summed E-state index contributed by atoms with van der Waals surface area (Å²) in [6, 6.07) is 14.7. The minimum atomic E-state index is -0.0733. The monoisotopic (exact) mass is 256 g/mol. The maximum absolute atomic E-state index is 11.7. The van der Waals surface area contributed by atoms with Crippen LogP contribution in [-0.2, 0) is 0 Å². The molecule has 4 heteroatoms. The van der Waals surface area contributed by atoms with Gasteiger partial charge in [0.15, 0.2) is 0 Å². The van der Waals surface area contributed by atoms with Crippen molar-refractivity contribution >= 4 is 29.4 Å². The van der Waals surface area contributed by atoms with E-state index in [0.29, 0.717) is 10.6 Å². The van der Waals surface area contributed by atoms with Crippen molar-refractivity contribution in [2.24, 2.45) is 5.10 Å². The smallest absolute Gasteiger partial charge is 0.267 e. The summed E-state index contributed by atoms with van der Waals surface area (Å²) in [4.78, 5) is 11.7. The number of hydrogen-bond acceptors (Lipinski definition) is 2. The molecule has 0 fully saturated rings. The number of fused-ring (bicyclic) bond motifs is 1. The third-order valence-corrected chi connectivity index (χ3v) is 3.00. The molecule has 2 aromatic rings. The van der Waals surface area contributed by atoms with E-state index < -0.39 is 0 Å². The zero-order valence-corrected chi connectivity index (χ0v) is 10.1. The number of amides is 1. The largest absolute Gasteiger partial charge is 0.280 e. The Bertz CT molecular complexity index is 634. The molecule has 1 aliphatic rings. The molecular weight excluding hydrogens is 248 g/mol. The average Bonchev–Trinajstić information content (AvgIpc) is 2.41. The van der Waals surface area contributed by atoms with Gasteiger partial charge in [0.25, 0.3) is 5.91 Å². The summed E-state index contributed by atoms with van der Waals surface area (Å²) in [5.74, 6) is -0.0733. The second-order valence-corrected chi connectivity index (χ2v) is 4.37. The molecule has 1 aliphatic heterocycles. The highest BCUT2D eigenvalue weighted by molar-refractivity contribution is 6.30. The first-order valence-corrected chi connectivity index (χ1v) is 5.86. The van der Waals surface area contributed by atoms with E-state index in [1.165, 1.54) is 5.01 Å². The predicted molar refractivity (Wildman–Crippen MR) is 72.3 cm³/mol.